The van der Waals surface area contributed by atoms with Crippen LogP contribution in [0.3, 0.4) is 0 Å². The minimum absolute atomic E-state index is 0.0906. The Hall–Kier alpha value is -1.66. The zero-order valence-corrected chi connectivity index (χ0v) is 13.6. The first-order valence-corrected chi connectivity index (χ1v) is 8.20. The lowest BCUT2D eigenvalue weighted by Gasteiger charge is -2.20. The highest BCUT2D eigenvalue weighted by atomic mass is 32.2. The molecule has 0 unspecified atom stereocenters. The molecule has 0 saturated carbocycles. The number of nitrogens with zero attached hydrogens (tertiary/aromatic N) is 2. The first kappa shape index (κ1) is 15.7. The average Bonchev–Trinajstić information content (AvgIpc) is 2.92. The van der Waals surface area contributed by atoms with Gasteiger partial charge < -0.3 is 0 Å². The van der Waals surface area contributed by atoms with Gasteiger partial charge in [0.15, 0.2) is 0 Å². The molecule has 5 nitrogen and oxygen atoms in total. The number of aromatic nitrogens is 2. The van der Waals surface area contributed by atoms with Crippen molar-refractivity contribution in [2.45, 2.75) is 37.6 Å². The lowest BCUT2D eigenvalue weighted by atomic mass is 9.87. The second kappa shape index (κ2) is 5.61. The quantitative estimate of drug-likeness (QED) is 0.944. The number of rotatable bonds is 4. The van der Waals surface area contributed by atoms with E-state index in [4.69, 9.17) is 0 Å². The normalized spacial score (nSPS) is 12.8. The van der Waals surface area contributed by atoms with Gasteiger partial charge in [-0.05, 0) is 16.5 Å². The van der Waals surface area contributed by atoms with Crippen molar-refractivity contribution in [1.29, 1.82) is 0 Å². The average molecular weight is 307 g/mol. The first-order chi connectivity index (χ1) is 9.71. The fourth-order valence-electron chi connectivity index (χ4n) is 2.01. The summed E-state index contributed by atoms with van der Waals surface area (Å²) in [5.74, 6) is 0. The van der Waals surface area contributed by atoms with Crippen LogP contribution in [-0.2, 0) is 22.0 Å². The molecule has 114 valence electrons. The summed E-state index contributed by atoms with van der Waals surface area (Å²) in [6.07, 6.45) is 2.70. The molecule has 21 heavy (non-hydrogen) atoms. The van der Waals surface area contributed by atoms with Crippen molar-refractivity contribution in [3.05, 3.63) is 47.8 Å². The Kier molecular flexibility index (Phi) is 4.20. The molecule has 2 aromatic rings. The molecule has 0 fully saturated rings. The Morgan fingerprint density at radius 3 is 2.29 bits per heavy atom. The monoisotopic (exact) mass is 307 g/mol. The van der Waals surface area contributed by atoms with Gasteiger partial charge in [0.25, 0.3) is 0 Å². The predicted octanol–water partition coefficient (Wildman–Crippen LogP) is 2.53. The second-order valence-electron chi connectivity index (χ2n) is 6.14. The Morgan fingerprint density at radius 1 is 1.19 bits per heavy atom. The van der Waals surface area contributed by atoms with Gasteiger partial charge in [-0.15, -0.1) is 0 Å². The largest absolute Gasteiger partial charge is 0.284 e. The predicted molar refractivity (Wildman–Crippen MR) is 82.4 cm³/mol. The van der Waals surface area contributed by atoms with Crippen molar-refractivity contribution in [1.82, 2.24) is 14.5 Å². The molecule has 1 N–H and O–H groups in total. The first-order valence-electron chi connectivity index (χ1n) is 6.76. The summed E-state index contributed by atoms with van der Waals surface area (Å²) in [6.45, 7) is 6.78. The van der Waals surface area contributed by atoms with Crippen LogP contribution in [0.15, 0.2) is 41.6 Å². The van der Waals surface area contributed by atoms with Crippen molar-refractivity contribution in [3.8, 4) is 0 Å². The van der Waals surface area contributed by atoms with Crippen LogP contribution < -0.4 is 0 Å². The number of aromatic amines is 1. The van der Waals surface area contributed by atoms with E-state index in [-0.39, 0.29) is 10.3 Å². The topological polar surface area (TPSA) is 66.1 Å². The van der Waals surface area contributed by atoms with E-state index in [0.29, 0.717) is 6.54 Å². The van der Waals surface area contributed by atoms with E-state index < -0.39 is 10.0 Å². The van der Waals surface area contributed by atoms with Crippen molar-refractivity contribution in [2.24, 2.45) is 0 Å². The third-order valence-corrected chi connectivity index (χ3v) is 5.18. The summed E-state index contributed by atoms with van der Waals surface area (Å²) in [4.78, 5) is 0.177. The van der Waals surface area contributed by atoms with E-state index >= 15 is 0 Å². The molecule has 1 aromatic carbocycles. The number of H-pyrrole nitrogens is 1. The second-order valence-corrected chi connectivity index (χ2v) is 8.19. The van der Waals surface area contributed by atoms with Gasteiger partial charge in [0.1, 0.15) is 4.90 Å². The van der Waals surface area contributed by atoms with Gasteiger partial charge in [0, 0.05) is 19.8 Å². The maximum atomic E-state index is 12.3. The molecule has 0 spiro atoms. The third kappa shape index (κ3) is 3.51. The van der Waals surface area contributed by atoms with Crippen LogP contribution in [0.4, 0.5) is 0 Å². The lowest BCUT2D eigenvalue weighted by molar-refractivity contribution is 0.466. The molecule has 0 aliphatic rings. The Labute approximate surface area is 126 Å². The van der Waals surface area contributed by atoms with Gasteiger partial charge in [-0.25, -0.2) is 8.42 Å². The summed E-state index contributed by atoms with van der Waals surface area (Å²) in [7, 11) is -1.92. The smallest absolute Gasteiger partial charge is 0.246 e. The molecule has 6 heteroatoms. The van der Waals surface area contributed by atoms with E-state index in [1.54, 1.807) is 7.05 Å². The SMILES string of the molecule is CN(Cc1ccc(C(C)(C)C)cc1)S(=O)(=O)c1cn[nH]c1. The highest BCUT2D eigenvalue weighted by molar-refractivity contribution is 7.89. The molecule has 0 radical (unpaired) electrons. The van der Waals surface area contributed by atoms with Gasteiger partial charge in [0.2, 0.25) is 10.0 Å². The van der Waals surface area contributed by atoms with Gasteiger partial charge in [-0.3, -0.25) is 5.10 Å². The summed E-state index contributed by atoms with van der Waals surface area (Å²) in [5.41, 5.74) is 2.27. The van der Waals surface area contributed by atoms with Crippen LogP contribution in [0.5, 0.6) is 0 Å². The lowest BCUT2D eigenvalue weighted by Crippen LogP contribution is -2.26. The molecule has 0 aliphatic heterocycles. The van der Waals surface area contributed by atoms with Crippen molar-refractivity contribution in [2.75, 3.05) is 7.05 Å². The van der Waals surface area contributed by atoms with Crippen LogP contribution in [0.2, 0.25) is 0 Å². The Morgan fingerprint density at radius 2 is 1.81 bits per heavy atom. The summed E-state index contributed by atoms with van der Waals surface area (Å²) in [6, 6.07) is 8.05. The van der Waals surface area contributed by atoms with Gasteiger partial charge in [0.05, 0.1) is 6.20 Å². The fraction of sp³-hybridized carbons (Fsp3) is 0.400. The van der Waals surface area contributed by atoms with E-state index in [1.807, 2.05) is 24.3 Å². The summed E-state index contributed by atoms with van der Waals surface area (Å²) in [5, 5.41) is 6.21. The standard InChI is InChI=1S/C15H21N3O2S/c1-15(2,3)13-7-5-12(6-8-13)11-18(4)21(19,20)14-9-16-17-10-14/h5-10H,11H2,1-4H3,(H,16,17). The molecule has 0 saturated heterocycles. The van der Waals surface area contributed by atoms with E-state index in [2.05, 4.69) is 31.0 Å². The zero-order valence-electron chi connectivity index (χ0n) is 12.8. The van der Waals surface area contributed by atoms with Crippen molar-refractivity contribution in [3.63, 3.8) is 0 Å². The highest BCUT2D eigenvalue weighted by Crippen LogP contribution is 2.23. The molecule has 1 aromatic heterocycles. The summed E-state index contributed by atoms with van der Waals surface area (Å²) >= 11 is 0. The maximum absolute atomic E-state index is 12.3. The van der Waals surface area contributed by atoms with E-state index in [0.717, 1.165) is 5.56 Å². The third-order valence-electron chi connectivity index (χ3n) is 3.41. The van der Waals surface area contributed by atoms with Crippen LogP contribution in [0, 0.1) is 0 Å². The van der Waals surface area contributed by atoms with Gasteiger partial charge >= 0.3 is 0 Å². The molecule has 1 heterocycles. The number of sulfonamides is 1. The minimum Gasteiger partial charge on any atom is -0.284 e. The molecule has 0 amide bonds. The van der Waals surface area contributed by atoms with Crippen LogP contribution >= 0.6 is 0 Å². The van der Waals surface area contributed by atoms with Gasteiger partial charge in [-0.1, -0.05) is 45.0 Å². The fourth-order valence-corrected chi connectivity index (χ4v) is 3.08. The number of benzene rings is 1. The van der Waals surface area contributed by atoms with Crippen molar-refractivity contribution >= 4 is 10.0 Å². The maximum Gasteiger partial charge on any atom is 0.246 e. The number of hydrogen-bond acceptors (Lipinski definition) is 3. The summed E-state index contributed by atoms with van der Waals surface area (Å²) < 4.78 is 25.9. The molecule has 2 rings (SSSR count). The molecule has 0 aliphatic carbocycles. The minimum atomic E-state index is -3.49. The number of hydrogen-bond donors (Lipinski definition) is 1. The van der Waals surface area contributed by atoms with Crippen molar-refractivity contribution < 1.29 is 8.42 Å². The number of nitrogens with one attached hydrogen (secondary N) is 1. The Balaban J connectivity index is 2.15. The van der Waals surface area contributed by atoms with Crippen LogP contribution in [-0.4, -0.2) is 30.0 Å². The van der Waals surface area contributed by atoms with Gasteiger partial charge in [-0.2, -0.15) is 9.40 Å². The molecular formula is C15H21N3O2S. The van der Waals surface area contributed by atoms with E-state index in [9.17, 15) is 8.42 Å². The molecule has 0 atom stereocenters. The van der Waals surface area contributed by atoms with Crippen LogP contribution in [0.1, 0.15) is 31.9 Å². The molecular weight excluding hydrogens is 286 g/mol. The molecule has 0 bridgehead atoms. The van der Waals surface area contributed by atoms with Crippen LogP contribution in [0.25, 0.3) is 0 Å². The van der Waals surface area contributed by atoms with E-state index in [1.165, 1.54) is 22.3 Å². The highest BCUT2D eigenvalue weighted by Gasteiger charge is 2.22. The Bertz CT molecular complexity index is 684. The zero-order chi connectivity index (χ0) is 15.7.